The van der Waals surface area contributed by atoms with E-state index in [0.717, 1.165) is 0 Å². The standard InChI is InChI=1S/C14H14N6O2/c1-20(2)8-17-11-4-3-9(5-10(11)7-15)12-6-13(19-18-12)22-14(16)21/h3-6,8H,1-2H3,(H2,16,21)(H,18,19). The molecule has 0 spiro atoms. The number of hydrogen-bond acceptors (Lipinski definition) is 5. The number of carbonyl (C=O) groups excluding carboxylic acids is 1. The van der Waals surface area contributed by atoms with Crippen LogP contribution in [0.5, 0.6) is 5.88 Å². The van der Waals surface area contributed by atoms with Crippen molar-refractivity contribution < 1.29 is 9.53 Å². The summed E-state index contributed by atoms with van der Waals surface area (Å²) in [7, 11) is 3.68. The number of amides is 1. The molecule has 0 saturated carbocycles. The summed E-state index contributed by atoms with van der Waals surface area (Å²) in [6.07, 6.45) is 0.675. The highest BCUT2D eigenvalue weighted by atomic mass is 16.6. The molecule has 8 nitrogen and oxygen atoms in total. The van der Waals surface area contributed by atoms with E-state index in [-0.39, 0.29) is 5.88 Å². The van der Waals surface area contributed by atoms with Crippen molar-refractivity contribution in [2.24, 2.45) is 10.7 Å². The van der Waals surface area contributed by atoms with E-state index >= 15 is 0 Å². The van der Waals surface area contributed by atoms with Crippen LogP contribution >= 0.6 is 0 Å². The Bertz CT molecular complexity index is 757. The highest BCUT2D eigenvalue weighted by Gasteiger charge is 2.09. The Morgan fingerprint density at radius 3 is 2.91 bits per heavy atom. The molecule has 2 aromatic rings. The van der Waals surface area contributed by atoms with E-state index in [9.17, 15) is 10.1 Å². The fourth-order valence-corrected chi connectivity index (χ4v) is 1.69. The molecule has 0 bridgehead atoms. The van der Waals surface area contributed by atoms with E-state index in [1.54, 1.807) is 29.4 Å². The maximum Gasteiger partial charge on any atom is 0.411 e. The Morgan fingerprint density at radius 2 is 2.27 bits per heavy atom. The number of nitrogens with one attached hydrogen (secondary N) is 1. The zero-order valence-electron chi connectivity index (χ0n) is 12.1. The quantitative estimate of drug-likeness (QED) is 0.656. The SMILES string of the molecule is CN(C)C=Nc1ccc(-c2cc(OC(N)=O)n[nH]2)cc1C#N. The maximum absolute atomic E-state index is 10.7. The van der Waals surface area contributed by atoms with Crippen LogP contribution in [0.25, 0.3) is 11.3 Å². The minimum atomic E-state index is -0.941. The molecule has 0 atom stereocenters. The van der Waals surface area contributed by atoms with E-state index in [1.165, 1.54) is 6.07 Å². The Kier molecular flexibility index (Phi) is 4.38. The highest BCUT2D eigenvalue weighted by molar-refractivity contribution is 5.72. The number of H-pyrrole nitrogens is 1. The van der Waals surface area contributed by atoms with Gasteiger partial charge >= 0.3 is 6.09 Å². The van der Waals surface area contributed by atoms with Crippen molar-refractivity contribution in [3.05, 3.63) is 29.8 Å². The number of aromatic amines is 1. The number of rotatable bonds is 4. The van der Waals surface area contributed by atoms with Crippen LogP contribution in [0.1, 0.15) is 5.56 Å². The number of nitrogens with zero attached hydrogens (tertiary/aromatic N) is 4. The molecule has 1 amide bonds. The molecule has 2 rings (SSSR count). The summed E-state index contributed by atoms with van der Waals surface area (Å²) < 4.78 is 4.66. The third-order valence-corrected chi connectivity index (χ3v) is 2.62. The second kappa shape index (κ2) is 6.41. The topological polar surface area (TPSA) is 120 Å². The first-order valence-corrected chi connectivity index (χ1v) is 6.27. The number of hydrogen-bond donors (Lipinski definition) is 2. The van der Waals surface area contributed by atoms with Gasteiger partial charge in [0.2, 0.25) is 5.88 Å². The van der Waals surface area contributed by atoms with Crippen LogP contribution in [0, 0.1) is 11.3 Å². The van der Waals surface area contributed by atoms with Gasteiger partial charge in [-0.1, -0.05) is 6.07 Å². The highest BCUT2D eigenvalue weighted by Crippen LogP contribution is 2.27. The number of ether oxygens (including phenoxy) is 1. The summed E-state index contributed by atoms with van der Waals surface area (Å²) in [5.41, 5.74) is 7.21. The zero-order valence-corrected chi connectivity index (χ0v) is 12.1. The van der Waals surface area contributed by atoms with Crippen LogP contribution in [-0.4, -0.2) is 41.6 Å². The van der Waals surface area contributed by atoms with Crippen molar-refractivity contribution in [1.29, 1.82) is 5.26 Å². The van der Waals surface area contributed by atoms with Crippen molar-refractivity contribution in [2.45, 2.75) is 0 Å². The maximum atomic E-state index is 10.7. The van der Waals surface area contributed by atoms with Gasteiger partial charge in [-0.15, -0.1) is 5.10 Å². The van der Waals surface area contributed by atoms with E-state index in [2.05, 4.69) is 26.0 Å². The molecule has 1 aromatic heterocycles. The molecular weight excluding hydrogens is 284 g/mol. The van der Waals surface area contributed by atoms with Gasteiger partial charge in [-0.25, -0.2) is 9.79 Å². The molecule has 1 aromatic carbocycles. The summed E-state index contributed by atoms with van der Waals surface area (Å²) in [6, 6.07) is 8.79. The summed E-state index contributed by atoms with van der Waals surface area (Å²) >= 11 is 0. The van der Waals surface area contributed by atoms with E-state index in [0.29, 0.717) is 22.5 Å². The average Bonchev–Trinajstić information content (AvgIpc) is 2.92. The Balaban J connectivity index is 2.31. The molecule has 0 radical (unpaired) electrons. The predicted molar refractivity (Wildman–Crippen MR) is 80.8 cm³/mol. The Labute approximate surface area is 126 Å². The summed E-state index contributed by atoms with van der Waals surface area (Å²) in [4.78, 5) is 16.7. The first-order chi connectivity index (χ1) is 10.5. The molecule has 112 valence electrons. The summed E-state index contributed by atoms with van der Waals surface area (Å²) in [5.74, 6) is 0.0655. The van der Waals surface area contributed by atoms with Gasteiger partial charge in [0, 0.05) is 25.7 Å². The zero-order chi connectivity index (χ0) is 16.1. The van der Waals surface area contributed by atoms with Crippen molar-refractivity contribution in [2.75, 3.05) is 14.1 Å². The van der Waals surface area contributed by atoms with Crippen molar-refractivity contribution in [1.82, 2.24) is 15.1 Å². The fourth-order valence-electron chi connectivity index (χ4n) is 1.69. The van der Waals surface area contributed by atoms with Crippen molar-refractivity contribution in [3.8, 4) is 23.2 Å². The number of nitrogens with two attached hydrogens (primary N) is 1. The summed E-state index contributed by atoms with van der Waals surface area (Å²) in [6.45, 7) is 0. The van der Waals surface area contributed by atoms with Gasteiger partial charge < -0.3 is 15.4 Å². The second-order valence-electron chi connectivity index (χ2n) is 4.59. The van der Waals surface area contributed by atoms with Crippen LogP contribution in [0.4, 0.5) is 10.5 Å². The fraction of sp³-hybridized carbons (Fsp3) is 0.143. The molecular formula is C14H14N6O2. The lowest BCUT2D eigenvalue weighted by Gasteiger charge is -2.04. The molecule has 0 aliphatic heterocycles. The molecule has 0 unspecified atom stereocenters. The molecule has 0 aliphatic carbocycles. The van der Waals surface area contributed by atoms with Crippen molar-refractivity contribution >= 4 is 18.1 Å². The number of aromatic nitrogens is 2. The monoisotopic (exact) mass is 298 g/mol. The van der Waals surface area contributed by atoms with Gasteiger partial charge in [0.1, 0.15) is 6.07 Å². The smallest absolute Gasteiger partial charge is 0.390 e. The normalized spacial score (nSPS) is 10.4. The second-order valence-corrected chi connectivity index (χ2v) is 4.59. The first-order valence-electron chi connectivity index (χ1n) is 6.27. The minimum absolute atomic E-state index is 0.0655. The van der Waals surface area contributed by atoms with Gasteiger partial charge in [-0.3, -0.25) is 5.10 Å². The Morgan fingerprint density at radius 1 is 1.50 bits per heavy atom. The molecule has 3 N–H and O–H groups in total. The minimum Gasteiger partial charge on any atom is -0.390 e. The third kappa shape index (κ3) is 3.61. The molecule has 8 heteroatoms. The number of primary amides is 1. The summed E-state index contributed by atoms with van der Waals surface area (Å²) in [5, 5.41) is 15.7. The van der Waals surface area contributed by atoms with Gasteiger partial charge in [0.25, 0.3) is 0 Å². The lowest BCUT2D eigenvalue weighted by Crippen LogP contribution is -2.16. The average molecular weight is 298 g/mol. The molecule has 22 heavy (non-hydrogen) atoms. The van der Waals surface area contributed by atoms with Gasteiger partial charge in [0.15, 0.2) is 0 Å². The van der Waals surface area contributed by atoms with Gasteiger partial charge in [0.05, 0.1) is 23.3 Å². The number of benzene rings is 1. The predicted octanol–water partition coefficient (Wildman–Crippen LogP) is 1.63. The van der Waals surface area contributed by atoms with Crippen LogP contribution in [0.15, 0.2) is 29.3 Å². The van der Waals surface area contributed by atoms with Crippen molar-refractivity contribution in [3.63, 3.8) is 0 Å². The van der Waals surface area contributed by atoms with Gasteiger partial charge in [-0.2, -0.15) is 5.26 Å². The van der Waals surface area contributed by atoms with Gasteiger partial charge in [-0.05, 0) is 12.1 Å². The lowest BCUT2D eigenvalue weighted by atomic mass is 10.1. The van der Waals surface area contributed by atoms with Crippen LogP contribution < -0.4 is 10.5 Å². The Hall–Kier alpha value is -3.34. The van der Waals surface area contributed by atoms with E-state index in [4.69, 9.17) is 5.73 Å². The number of aliphatic imine (C=N–C) groups is 1. The molecule has 0 aliphatic rings. The molecule has 0 fully saturated rings. The van der Waals surface area contributed by atoms with E-state index in [1.807, 2.05) is 14.1 Å². The lowest BCUT2D eigenvalue weighted by molar-refractivity contribution is 0.209. The van der Waals surface area contributed by atoms with Crippen LogP contribution in [0.3, 0.4) is 0 Å². The molecule has 0 saturated heterocycles. The van der Waals surface area contributed by atoms with E-state index < -0.39 is 6.09 Å². The molecule has 1 heterocycles. The number of nitriles is 1. The van der Waals surface area contributed by atoms with Crippen LogP contribution in [-0.2, 0) is 0 Å². The largest absolute Gasteiger partial charge is 0.411 e. The van der Waals surface area contributed by atoms with Crippen LogP contribution in [0.2, 0.25) is 0 Å². The third-order valence-electron chi connectivity index (χ3n) is 2.62. The number of carbonyl (C=O) groups is 1. The first kappa shape index (κ1) is 15.1.